The Bertz CT molecular complexity index is 614. The monoisotopic (exact) mass is 371 g/mol. The van der Waals surface area contributed by atoms with Crippen molar-refractivity contribution in [3.8, 4) is 0 Å². The first-order chi connectivity index (χ1) is 10.6. The minimum Gasteiger partial charge on any atom is -0.328 e. The van der Waals surface area contributed by atoms with Gasteiger partial charge in [0.15, 0.2) is 0 Å². The Morgan fingerprint density at radius 3 is 1.67 bits per heavy atom. The number of amides is 1. The van der Waals surface area contributed by atoms with Gasteiger partial charge in [-0.25, -0.2) is 4.39 Å². The summed E-state index contributed by atoms with van der Waals surface area (Å²) in [6.45, 7) is 0.692. The Balaban J connectivity index is 3.84. The van der Waals surface area contributed by atoms with Gasteiger partial charge in [0.2, 0.25) is 6.41 Å². The highest BCUT2D eigenvalue weighted by Crippen LogP contribution is 2.54. The summed E-state index contributed by atoms with van der Waals surface area (Å²) >= 11 is 0. The zero-order chi connectivity index (χ0) is 19.1. The molecule has 0 aromatic heterocycles. The smallest absolute Gasteiger partial charge is 0.328 e. The van der Waals surface area contributed by atoms with E-state index >= 15 is 0 Å². The van der Waals surface area contributed by atoms with Gasteiger partial charge in [0.05, 0.1) is 11.3 Å². The van der Waals surface area contributed by atoms with E-state index in [1.54, 1.807) is 0 Å². The average molecular weight is 371 g/mol. The molecule has 1 aromatic carbocycles. The molecule has 1 N–H and O–H groups in total. The SMILES string of the molecule is Cc1cc(C(F)(C(F)(F)F)C(F)(F)F)cc(C(F)(F)F)c1NC=O. The molecule has 12 heteroatoms. The van der Waals surface area contributed by atoms with E-state index in [2.05, 4.69) is 0 Å². The molecule has 1 amide bonds. The number of alkyl halides is 10. The van der Waals surface area contributed by atoms with E-state index in [1.165, 1.54) is 5.32 Å². The van der Waals surface area contributed by atoms with E-state index in [4.69, 9.17) is 0 Å². The van der Waals surface area contributed by atoms with Crippen LogP contribution in [-0.4, -0.2) is 18.8 Å². The van der Waals surface area contributed by atoms with E-state index in [-0.39, 0.29) is 12.5 Å². The van der Waals surface area contributed by atoms with Crippen molar-refractivity contribution in [2.24, 2.45) is 0 Å². The fourth-order valence-corrected chi connectivity index (χ4v) is 1.95. The first-order valence-corrected chi connectivity index (χ1v) is 5.82. The van der Waals surface area contributed by atoms with Crippen LogP contribution in [0.1, 0.15) is 16.7 Å². The van der Waals surface area contributed by atoms with Crippen LogP contribution in [0.15, 0.2) is 12.1 Å². The molecule has 0 saturated heterocycles. The Morgan fingerprint density at radius 1 is 0.875 bits per heavy atom. The summed E-state index contributed by atoms with van der Waals surface area (Å²) < 4.78 is 128. The van der Waals surface area contributed by atoms with Gasteiger partial charge in [-0.05, 0) is 18.6 Å². The van der Waals surface area contributed by atoms with Crippen LogP contribution in [0.3, 0.4) is 0 Å². The molecule has 0 aliphatic heterocycles. The number of anilines is 1. The summed E-state index contributed by atoms with van der Waals surface area (Å²) in [5, 5.41) is 1.52. The summed E-state index contributed by atoms with van der Waals surface area (Å²) in [4.78, 5) is 10.3. The first kappa shape index (κ1) is 20.0. The number of hydrogen-bond acceptors (Lipinski definition) is 1. The van der Waals surface area contributed by atoms with Crippen LogP contribution in [0.4, 0.5) is 49.6 Å². The molecular weight excluding hydrogens is 364 g/mol. The molecule has 0 unspecified atom stereocenters. The van der Waals surface area contributed by atoms with Gasteiger partial charge < -0.3 is 5.32 Å². The third kappa shape index (κ3) is 3.26. The summed E-state index contributed by atoms with van der Waals surface area (Å²) in [6, 6.07) is -0.679. The zero-order valence-electron chi connectivity index (χ0n) is 11.4. The van der Waals surface area contributed by atoms with Crippen LogP contribution >= 0.6 is 0 Å². The molecule has 24 heavy (non-hydrogen) atoms. The molecule has 0 aliphatic rings. The molecule has 0 aliphatic carbocycles. The maximum atomic E-state index is 13.9. The molecule has 2 nitrogen and oxygen atoms in total. The molecule has 0 spiro atoms. The highest BCUT2D eigenvalue weighted by Gasteiger charge is 2.73. The van der Waals surface area contributed by atoms with Gasteiger partial charge >= 0.3 is 24.2 Å². The maximum Gasteiger partial charge on any atom is 0.435 e. The topological polar surface area (TPSA) is 29.1 Å². The van der Waals surface area contributed by atoms with Crippen molar-refractivity contribution in [1.29, 1.82) is 0 Å². The van der Waals surface area contributed by atoms with Crippen molar-refractivity contribution in [2.45, 2.75) is 31.1 Å². The highest BCUT2D eigenvalue weighted by atomic mass is 19.4. The standard InChI is InChI=1S/C12H7F10NO/c1-5-2-6(9(13,11(17,18)19)12(20,21)22)3-7(10(14,15)16)8(5)23-4-24/h2-4H,1H3,(H,23,24). The summed E-state index contributed by atoms with van der Waals surface area (Å²) in [7, 11) is 0. The number of nitrogens with one attached hydrogen (secondary N) is 1. The number of rotatable bonds is 3. The van der Waals surface area contributed by atoms with Crippen LogP contribution in [0.2, 0.25) is 0 Å². The minimum absolute atomic E-state index is 0.0535. The van der Waals surface area contributed by atoms with Gasteiger partial charge in [-0.15, -0.1) is 0 Å². The molecule has 0 atom stereocenters. The molecule has 1 rings (SSSR count). The van der Waals surface area contributed by atoms with Gasteiger partial charge in [-0.1, -0.05) is 6.07 Å². The van der Waals surface area contributed by atoms with Crippen molar-refractivity contribution >= 4 is 12.1 Å². The molecule has 136 valence electrons. The van der Waals surface area contributed by atoms with E-state index < -0.39 is 52.6 Å². The minimum atomic E-state index is -6.56. The third-order valence-corrected chi connectivity index (χ3v) is 3.02. The largest absolute Gasteiger partial charge is 0.435 e. The second-order valence-corrected chi connectivity index (χ2v) is 4.63. The fraction of sp³-hybridized carbons (Fsp3) is 0.417. The van der Waals surface area contributed by atoms with Gasteiger partial charge in [0.1, 0.15) is 0 Å². The maximum absolute atomic E-state index is 13.9. The van der Waals surface area contributed by atoms with Gasteiger partial charge in [-0.2, -0.15) is 39.5 Å². The fourth-order valence-electron chi connectivity index (χ4n) is 1.95. The number of carbonyl (C=O) groups is 1. The Kier molecular flexibility index (Phi) is 4.85. The molecule has 0 fully saturated rings. The van der Waals surface area contributed by atoms with Crippen molar-refractivity contribution in [2.75, 3.05) is 5.32 Å². The molecule has 0 heterocycles. The third-order valence-electron chi connectivity index (χ3n) is 3.02. The number of carbonyl (C=O) groups excluding carboxylic acids is 1. The van der Waals surface area contributed by atoms with Crippen LogP contribution in [0.25, 0.3) is 0 Å². The summed E-state index contributed by atoms with van der Waals surface area (Å²) in [5.41, 5.74) is -12.2. The number of benzene rings is 1. The van der Waals surface area contributed by atoms with Crippen LogP contribution in [0.5, 0.6) is 0 Å². The molecule has 0 bridgehead atoms. The quantitative estimate of drug-likeness (QED) is 0.596. The second kappa shape index (κ2) is 5.81. The molecule has 0 radical (unpaired) electrons. The van der Waals surface area contributed by atoms with E-state index in [0.717, 1.165) is 0 Å². The van der Waals surface area contributed by atoms with Crippen LogP contribution < -0.4 is 5.32 Å². The predicted molar refractivity (Wildman–Crippen MR) is 60.8 cm³/mol. The van der Waals surface area contributed by atoms with Crippen molar-refractivity contribution in [3.63, 3.8) is 0 Å². The predicted octanol–water partition coefficient (Wildman–Crippen LogP) is 4.87. The van der Waals surface area contributed by atoms with Crippen LogP contribution in [0, 0.1) is 6.92 Å². The molecular formula is C12H7F10NO. The number of halogens is 10. The van der Waals surface area contributed by atoms with Crippen molar-refractivity contribution < 1.29 is 48.7 Å². The lowest BCUT2D eigenvalue weighted by atomic mass is 9.90. The molecule has 0 saturated carbocycles. The van der Waals surface area contributed by atoms with E-state index in [1.807, 2.05) is 0 Å². The summed E-state index contributed by atoms with van der Waals surface area (Å²) in [6.07, 6.45) is -18.8. The van der Waals surface area contributed by atoms with Gasteiger partial charge in [0, 0.05) is 5.56 Å². The normalized spacial score (nSPS) is 13.8. The zero-order valence-corrected chi connectivity index (χ0v) is 11.4. The number of aryl methyl sites for hydroxylation is 1. The van der Waals surface area contributed by atoms with Gasteiger partial charge in [0.25, 0.3) is 0 Å². The van der Waals surface area contributed by atoms with E-state index in [0.29, 0.717) is 6.92 Å². The van der Waals surface area contributed by atoms with Gasteiger partial charge in [-0.3, -0.25) is 4.79 Å². The lowest BCUT2D eigenvalue weighted by Crippen LogP contribution is -2.50. The Hall–Kier alpha value is -2.01. The van der Waals surface area contributed by atoms with E-state index in [9.17, 15) is 48.7 Å². The average Bonchev–Trinajstić information content (AvgIpc) is 2.36. The Morgan fingerprint density at radius 2 is 1.33 bits per heavy atom. The van der Waals surface area contributed by atoms with Crippen molar-refractivity contribution in [3.05, 3.63) is 28.8 Å². The summed E-state index contributed by atoms with van der Waals surface area (Å²) in [5.74, 6) is 0. The van der Waals surface area contributed by atoms with Crippen molar-refractivity contribution in [1.82, 2.24) is 0 Å². The highest BCUT2D eigenvalue weighted by molar-refractivity contribution is 5.76. The lowest BCUT2D eigenvalue weighted by Gasteiger charge is -2.31. The first-order valence-electron chi connectivity index (χ1n) is 5.82. The van der Waals surface area contributed by atoms with Crippen LogP contribution in [-0.2, 0) is 16.6 Å². The lowest BCUT2D eigenvalue weighted by molar-refractivity contribution is -0.348. The molecule has 1 aromatic rings. The number of hydrogen-bond donors (Lipinski definition) is 1. The second-order valence-electron chi connectivity index (χ2n) is 4.63. The Labute approximate surface area is 127 Å².